The monoisotopic (exact) mass is 406 g/mol. The standard InChI is InChI=1S/C27H54N2/c1-5-7-9-11-12-13-14-15-16-17-19-21-23-28-24-25-29(26(3)4)27(28)22-20-18-10-8-6-2/h24-27H,5-23H2,1-4H3. The van der Waals surface area contributed by atoms with Gasteiger partial charge in [0, 0.05) is 25.0 Å². The molecule has 2 heteroatoms. The van der Waals surface area contributed by atoms with Crippen LogP contribution < -0.4 is 0 Å². The Morgan fingerprint density at radius 3 is 1.52 bits per heavy atom. The predicted octanol–water partition coefficient (Wildman–Crippen LogP) is 8.87. The summed E-state index contributed by atoms with van der Waals surface area (Å²) < 4.78 is 0. The Bertz CT molecular complexity index is 377. The van der Waals surface area contributed by atoms with E-state index in [2.05, 4.69) is 49.9 Å². The molecule has 1 unspecified atom stereocenters. The van der Waals surface area contributed by atoms with Crippen molar-refractivity contribution in [3.05, 3.63) is 12.4 Å². The van der Waals surface area contributed by atoms with E-state index in [4.69, 9.17) is 0 Å². The fourth-order valence-electron chi connectivity index (χ4n) is 4.65. The van der Waals surface area contributed by atoms with Gasteiger partial charge in [-0.2, -0.15) is 0 Å². The Balaban J connectivity index is 2.08. The van der Waals surface area contributed by atoms with Gasteiger partial charge in [0.2, 0.25) is 0 Å². The van der Waals surface area contributed by atoms with Crippen LogP contribution in [-0.2, 0) is 0 Å². The molecule has 0 saturated carbocycles. The lowest BCUT2D eigenvalue weighted by atomic mass is 10.0. The van der Waals surface area contributed by atoms with Crippen molar-refractivity contribution in [2.24, 2.45) is 0 Å². The minimum atomic E-state index is 0.610. The van der Waals surface area contributed by atoms with Crippen LogP contribution in [-0.4, -0.2) is 28.6 Å². The summed E-state index contributed by atoms with van der Waals surface area (Å²) in [7, 11) is 0. The maximum absolute atomic E-state index is 2.64. The highest BCUT2D eigenvalue weighted by molar-refractivity contribution is 4.98. The van der Waals surface area contributed by atoms with Crippen LogP contribution in [0, 0.1) is 0 Å². The normalized spacial score (nSPS) is 16.5. The fraction of sp³-hybridized carbons (Fsp3) is 0.926. The summed E-state index contributed by atoms with van der Waals surface area (Å²) in [5, 5.41) is 0. The second kappa shape index (κ2) is 18.1. The first-order valence-electron chi connectivity index (χ1n) is 13.4. The van der Waals surface area contributed by atoms with Crippen molar-refractivity contribution in [2.75, 3.05) is 6.54 Å². The molecule has 0 amide bonds. The molecule has 0 aliphatic carbocycles. The van der Waals surface area contributed by atoms with E-state index in [-0.39, 0.29) is 0 Å². The van der Waals surface area contributed by atoms with E-state index in [9.17, 15) is 0 Å². The number of nitrogens with zero attached hydrogens (tertiary/aromatic N) is 2. The highest BCUT2D eigenvalue weighted by Crippen LogP contribution is 2.24. The number of hydrogen-bond donors (Lipinski definition) is 0. The molecular weight excluding hydrogens is 352 g/mol. The molecule has 0 spiro atoms. The maximum atomic E-state index is 2.64. The zero-order valence-electron chi connectivity index (χ0n) is 20.6. The molecule has 0 aromatic heterocycles. The van der Waals surface area contributed by atoms with Crippen molar-refractivity contribution in [3.63, 3.8) is 0 Å². The number of rotatable bonds is 20. The highest BCUT2D eigenvalue weighted by Gasteiger charge is 2.26. The van der Waals surface area contributed by atoms with Crippen molar-refractivity contribution in [2.45, 2.75) is 155 Å². The van der Waals surface area contributed by atoms with Crippen molar-refractivity contribution in [1.29, 1.82) is 0 Å². The van der Waals surface area contributed by atoms with Crippen LogP contribution >= 0.6 is 0 Å². The highest BCUT2D eigenvalue weighted by atomic mass is 15.4. The minimum absolute atomic E-state index is 0.610. The topological polar surface area (TPSA) is 6.48 Å². The molecule has 2 nitrogen and oxygen atoms in total. The summed E-state index contributed by atoms with van der Waals surface area (Å²) in [5.41, 5.74) is 0. The van der Waals surface area contributed by atoms with E-state index in [0.717, 1.165) is 0 Å². The van der Waals surface area contributed by atoms with Gasteiger partial charge >= 0.3 is 0 Å². The SMILES string of the molecule is CCCCCCCCCCCCCCN1C=CN(C(C)C)C1CCCCCCC. The largest absolute Gasteiger partial charge is 0.356 e. The molecule has 0 fully saturated rings. The third kappa shape index (κ3) is 12.6. The van der Waals surface area contributed by atoms with Gasteiger partial charge in [-0.3, -0.25) is 0 Å². The van der Waals surface area contributed by atoms with Gasteiger partial charge in [-0.15, -0.1) is 0 Å². The Labute approximate surface area is 184 Å². The summed E-state index contributed by atoms with van der Waals surface area (Å²) in [6.07, 6.45) is 30.8. The smallest absolute Gasteiger partial charge is 0.101 e. The summed E-state index contributed by atoms with van der Waals surface area (Å²) in [6, 6.07) is 0.610. The predicted molar refractivity (Wildman–Crippen MR) is 131 cm³/mol. The molecule has 172 valence electrons. The van der Waals surface area contributed by atoms with Crippen molar-refractivity contribution in [3.8, 4) is 0 Å². The van der Waals surface area contributed by atoms with E-state index < -0.39 is 0 Å². The minimum Gasteiger partial charge on any atom is -0.356 e. The van der Waals surface area contributed by atoms with Crippen LogP contribution in [0.2, 0.25) is 0 Å². The summed E-state index contributed by atoms with van der Waals surface area (Å²) >= 11 is 0. The summed E-state index contributed by atoms with van der Waals surface area (Å²) in [4.78, 5) is 5.22. The number of hydrogen-bond acceptors (Lipinski definition) is 2. The van der Waals surface area contributed by atoms with Crippen molar-refractivity contribution >= 4 is 0 Å². The first-order chi connectivity index (χ1) is 14.2. The Kier molecular flexibility index (Phi) is 16.5. The first-order valence-corrected chi connectivity index (χ1v) is 13.4. The Morgan fingerprint density at radius 2 is 1.03 bits per heavy atom. The average Bonchev–Trinajstić information content (AvgIpc) is 3.11. The van der Waals surface area contributed by atoms with Crippen molar-refractivity contribution in [1.82, 2.24) is 9.80 Å². The first kappa shape index (κ1) is 26.4. The molecule has 1 atom stereocenters. The Hall–Kier alpha value is -0.660. The number of unbranched alkanes of at least 4 members (excludes halogenated alkanes) is 15. The van der Waals surface area contributed by atoms with E-state index in [1.807, 2.05) is 0 Å². The summed E-state index contributed by atoms with van der Waals surface area (Å²) in [5.74, 6) is 0. The van der Waals surface area contributed by atoms with Gasteiger partial charge in [-0.1, -0.05) is 110 Å². The molecule has 0 bridgehead atoms. The lowest BCUT2D eigenvalue weighted by Gasteiger charge is -2.35. The third-order valence-corrected chi connectivity index (χ3v) is 6.59. The molecule has 1 heterocycles. The fourth-order valence-corrected chi connectivity index (χ4v) is 4.65. The average molecular weight is 407 g/mol. The van der Waals surface area contributed by atoms with E-state index in [0.29, 0.717) is 12.2 Å². The van der Waals surface area contributed by atoms with Crippen LogP contribution in [0.1, 0.15) is 143 Å². The molecule has 0 N–H and O–H groups in total. The molecule has 0 aromatic carbocycles. The van der Waals surface area contributed by atoms with Crippen LogP contribution in [0.3, 0.4) is 0 Å². The molecule has 1 aliphatic heterocycles. The molecule has 1 aliphatic rings. The molecule has 1 rings (SSSR count). The second-order valence-corrected chi connectivity index (χ2v) is 9.65. The van der Waals surface area contributed by atoms with Gasteiger partial charge < -0.3 is 9.80 Å². The van der Waals surface area contributed by atoms with Gasteiger partial charge in [0.05, 0.1) is 0 Å². The zero-order chi connectivity index (χ0) is 21.2. The van der Waals surface area contributed by atoms with E-state index >= 15 is 0 Å². The van der Waals surface area contributed by atoms with Gasteiger partial charge in [-0.05, 0) is 33.1 Å². The van der Waals surface area contributed by atoms with Gasteiger partial charge in [0.1, 0.15) is 6.17 Å². The van der Waals surface area contributed by atoms with Crippen LogP contribution in [0.4, 0.5) is 0 Å². The summed E-state index contributed by atoms with van der Waals surface area (Å²) in [6.45, 7) is 10.5. The van der Waals surface area contributed by atoms with Crippen LogP contribution in [0.15, 0.2) is 12.4 Å². The second-order valence-electron chi connectivity index (χ2n) is 9.65. The molecule has 0 saturated heterocycles. The maximum Gasteiger partial charge on any atom is 0.101 e. The third-order valence-electron chi connectivity index (χ3n) is 6.59. The van der Waals surface area contributed by atoms with E-state index in [1.54, 1.807) is 0 Å². The van der Waals surface area contributed by atoms with Crippen LogP contribution in [0.25, 0.3) is 0 Å². The lowest BCUT2D eigenvalue weighted by molar-refractivity contribution is 0.114. The zero-order valence-corrected chi connectivity index (χ0v) is 20.6. The van der Waals surface area contributed by atoms with Crippen LogP contribution in [0.5, 0.6) is 0 Å². The molecular formula is C27H54N2. The van der Waals surface area contributed by atoms with Gasteiger partial charge in [0.25, 0.3) is 0 Å². The Morgan fingerprint density at radius 1 is 0.586 bits per heavy atom. The quantitative estimate of drug-likeness (QED) is 0.186. The van der Waals surface area contributed by atoms with Gasteiger partial charge in [0.15, 0.2) is 0 Å². The van der Waals surface area contributed by atoms with Crippen molar-refractivity contribution < 1.29 is 0 Å². The van der Waals surface area contributed by atoms with E-state index in [1.165, 1.54) is 122 Å². The van der Waals surface area contributed by atoms with Gasteiger partial charge in [-0.25, -0.2) is 0 Å². The lowest BCUT2D eigenvalue weighted by Crippen LogP contribution is -2.42. The molecule has 29 heavy (non-hydrogen) atoms. The molecule has 0 radical (unpaired) electrons. The molecule has 0 aromatic rings.